The third-order valence-corrected chi connectivity index (χ3v) is 4.31. The predicted octanol–water partition coefficient (Wildman–Crippen LogP) is 4.35. The SMILES string of the molecule is Cn1c(-c2ccc(Br)c(N)c2)nc2cc(Br)ccc21. The molecule has 2 N–H and O–H groups in total. The quantitative estimate of drug-likeness (QED) is 0.638. The number of hydrogen-bond donors (Lipinski definition) is 1. The zero-order valence-electron chi connectivity index (χ0n) is 10.2. The molecule has 0 saturated carbocycles. The van der Waals surface area contributed by atoms with Crippen LogP contribution < -0.4 is 5.73 Å². The Balaban J connectivity index is 2.24. The number of aromatic nitrogens is 2. The zero-order chi connectivity index (χ0) is 13.6. The highest BCUT2D eigenvalue weighted by Crippen LogP contribution is 2.29. The van der Waals surface area contributed by atoms with Crippen LogP contribution >= 0.6 is 31.9 Å². The molecule has 0 unspecified atom stereocenters. The summed E-state index contributed by atoms with van der Waals surface area (Å²) >= 11 is 6.87. The number of aryl methyl sites for hydroxylation is 1. The first-order valence-electron chi connectivity index (χ1n) is 5.73. The van der Waals surface area contributed by atoms with Crippen molar-refractivity contribution in [3.63, 3.8) is 0 Å². The van der Waals surface area contributed by atoms with Crippen LogP contribution in [0.25, 0.3) is 22.4 Å². The van der Waals surface area contributed by atoms with Crippen molar-refractivity contribution in [1.82, 2.24) is 9.55 Å². The Kier molecular flexibility index (Phi) is 3.11. The normalized spacial score (nSPS) is 11.1. The summed E-state index contributed by atoms with van der Waals surface area (Å²) in [5, 5.41) is 0. The number of fused-ring (bicyclic) bond motifs is 1. The van der Waals surface area contributed by atoms with E-state index in [1.807, 2.05) is 37.4 Å². The predicted molar refractivity (Wildman–Crippen MR) is 86.0 cm³/mol. The number of nitrogens with two attached hydrogens (primary N) is 1. The standard InChI is InChI=1S/C14H11Br2N3/c1-19-13-5-3-9(15)7-12(13)18-14(19)8-2-4-10(16)11(17)6-8/h2-7H,17H2,1H3. The van der Waals surface area contributed by atoms with Gasteiger partial charge in [-0.1, -0.05) is 15.9 Å². The first-order chi connectivity index (χ1) is 9.06. The molecule has 1 aromatic heterocycles. The number of anilines is 1. The van der Waals surface area contributed by atoms with Crippen molar-refractivity contribution < 1.29 is 0 Å². The number of imidazole rings is 1. The van der Waals surface area contributed by atoms with Crippen molar-refractivity contribution >= 4 is 48.6 Å². The molecule has 0 saturated heterocycles. The fraction of sp³-hybridized carbons (Fsp3) is 0.0714. The van der Waals surface area contributed by atoms with Gasteiger partial charge in [0.05, 0.1) is 11.0 Å². The van der Waals surface area contributed by atoms with Gasteiger partial charge >= 0.3 is 0 Å². The van der Waals surface area contributed by atoms with Gasteiger partial charge in [-0.15, -0.1) is 0 Å². The summed E-state index contributed by atoms with van der Waals surface area (Å²) in [6.07, 6.45) is 0. The average Bonchev–Trinajstić information content (AvgIpc) is 2.70. The van der Waals surface area contributed by atoms with Crippen LogP contribution in [0.5, 0.6) is 0 Å². The highest BCUT2D eigenvalue weighted by molar-refractivity contribution is 9.10. The summed E-state index contributed by atoms with van der Waals surface area (Å²) in [6, 6.07) is 12.0. The molecule has 0 aliphatic rings. The molecule has 96 valence electrons. The summed E-state index contributed by atoms with van der Waals surface area (Å²) in [5.74, 6) is 0.910. The molecule has 0 radical (unpaired) electrons. The highest BCUT2D eigenvalue weighted by Gasteiger charge is 2.11. The molecule has 3 rings (SSSR count). The van der Waals surface area contributed by atoms with Crippen molar-refractivity contribution in [2.45, 2.75) is 0 Å². The van der Waals surface area contributed by atoms with E-state index >= 15 is 0 Å². The van der Waals surface area contributed by atoms with Crippen molar-refractivity contribution in [1.29, 1.82) is 0 Å². The van der Waals surface area contributed by atoms with Gasteiger partial charge < -0.3 is 10.3 Å². The molecular formula is C14H11Br2N3. The van der Waals surface area contributed by atoms with E-state index in [1.165, 1.54) is 0 Å². The molecule has 0 spiro atoms. The van der Waals surface area contributed by atoms with E-state index in [2.05, 4.69) is 47.5 Å². The van der Waals surface area contributed by atoms with E-state index in [1.54, 1.807) is 0 Å². The lowest BCUT2D eigenvalue weighted by molar-refractivity contribution is 0.959. The van der Waals surface area contributed by atoms with Crippen molar-refractivity contribution in [3.05, 3.63) is 45.3 Å². The fourth-order valence-electron chi connectivity index (χ4n) is 2.11. The van der Waals surface area contributed by atoms with E-state index in [9.17, 15) is 0 Å². The molecule has 2 aromatic carbocycles. The molecule has 5 heteroatoms. The minimum atomic E-state index is 0.714. The lowest BCUT2D eigenvalue weighted by atomic mass is 10.2. The Labute approximate surface area is 127 Å². The number of nitrogens with zero attached hydrogens (tertiary/aromatic N) is 2. The lowest BCUT2D eigenvalue weighted by Crippen LogP contribution is -1.94. The molecule has 3 aromatic rings. The maximum Gasteiger partial charge on any atom is 0.140 e. The summed E-state index contributed by atoms with van der Waals surface area (Å²) in [4.78, 5) is 4.68. The van der Waals surface area contributed by atoms with Crippen LogP contribution in [0.3, 0.4) is 0 Å². The third kappa shape index (κ3) is 2.17. The van der Waals surface area contributed by atoms with E-state index in [4.69, 9.17) is 5.73 Å². The van der Waals surface area contributed by atoms with Gasteiger partial charge in [-0.3, -0.25) is 0 Å². The Morgan fingerprint density at radius 1 is 1.11 bits per heavy atom. The average molecular weight is 381 g/mol. The van der Waals surface area contributed by atoms with Crippen LogP contribution in [0.1, 0.15) is 0 Å². The molecule has 0 aliphatic carbocycles. The van der Waals surface area contributed by atoms with Gasteiger partial charge in [-0.2, -0.15) is 0 Å². The highest BCUT2D eigenvalue weighted by atomic mass is 79.9. The smallest absolute Gasteiger partial charge is 0.140 e. The van der Waals surface area contributed by atoms with Crippen LogP contribution in [0, 0.1) is 0 Å². The van der Waals surface area contributed by atoms with Gasteiger partial charge in [0.25, 0.3) is 0 Å². The third-order valence-electron chi connectivity index (χ3n) is 3.10. The number of halogens is 2. The summed E-state index contributed by atoms with van der Waals surface area (Å²) < 4.78 is 4.00. The molecule has 0 atom stereocenters. The van der Waals surface area contributed by atoms with Crippen LogP contribution in [-0.2, 0) is 7.05 Å². The Morgan fingerprint density at radius 3 is 2.63 bits per heavy atom. The topological polar surface area (TPSA) is 43.8 Å². The Hall–Kier alpha value is -1.33. The van der Waals surface area contributed by atoms with E-state index in [0.717, 1.165) is 31.4 Å². The van der Waals surface area contributed by atoms with Gasteiger partial charge in [0.2, 0.25) is 0 Å². The molecule has 0 fully saturated rings. The molecule has 1 heterocycles. The Morgan fingerprint density at radius 2 is 1.89 bits per heavy atom. The first-order valence-corrected chi connectivity index (χ1v) is 7.32. The molecule has 19 heavy (non-hydrogen) atoms. The second-order valence-electron chi connectivity index (χ2n) is 4.36. The molecule has 0 bridgehead atoms. The van der Waals surface area contributed by atoms with E-state index in [0.29, 0.717) is 5.69 Å². The largest absolute Gasteiger partial charge is 0.398 e. The maximum atomic E-state index is 5.93. The second kappa shape index (κ2) is 4.65. The van der Waals surface area contributed by atoms with E-state index in [-0.39, 0.29) is 0 Å². The van der Waals surface area contributed by atoms with Crippen LogP contribution in [0.15, 0.2) is 45.3 Å². The zero-order valence-corrected chi connectivity index (χ0v) is 13.4. The number of rotatable bonds is 1. The van der Waals surface area contributed by atoms with Crippen molar-refractivity contribution in [2.75, 3.05) is 5.73 Å². The summed E-state index contributed by atoms with van der Waals surface area (Å²) in [6.45, 7) is 0. The van der Waals surface area contributed by atoms with Gasteiger partial charge in [0, 0.05) is 27.2 Å². The van der Waals surface area contributed by atoms with Gasteiger partial charge in [-0.25, -0.2) is 4.98 Å². The number of nitrogen functional groups attached to an aromatic ring is 1. The van der Waals surface area contributed by atoms with Gasteiger partial charge in [0.15, 0.2) is 0 Å². The number of benzene rings is 2. The molecule has 0 aliphatic heterocycles. The van der Waals surface area contributed by atoms with Crippen LogP contribution in [0.2, 0.25) is 0 Å². The minimum Gasteiger partial charge on any atom is -0.398 e. The first kappa shape index (κ1) is 12.7. The summed E-state index contributed by atoms with van der Waals surface area (Å²) in [7, 11) is 2.01. The van der Waals surface area contributed by atoms with Crippen LogP contribution in [0.4, 0.5) is 5.69 Å². The van der Waals surface area contributed by atoms with Crippen molar-refractivity contribution in [3.8, 4) is 11.4 Å². The number of hydrogen-bond acceptors (Lipinski definition) is 2. The van der Waals surface area contributed by atoms with E-state index < -0.39 is 0 Å². The molecule has 0 amide bonds. The van der Waals surface area contributed by atoms with Crippen LogP contribution in [-0.4, -0.2) is 9.55 Å². The summed E-state index contributed by atoms with van der Waals surface area (Å²) in [5.41, 5.74) is 9.72. The van der Waals surface area contributed by atoms with Gasteiger partial charge in [0.1, 0.15) is 5.82 Å². The second-order valence-corrected chi connectivity index (χ2v) is 6.13. The molecular weight excluding hydrogens is 370 g/mol. The molecule has 3 nitrogen and oxygen atoms in total. The maximum absolute atomic E-state index is 5.93. The van der Waals surface area contributed by atoms with Crippen molar-refractivity contribution in [2.24, 2.45) is 7.05 Å². The van der Waals surface area contributed by atoms with Gasteiger partial charge in [-0.05, 0) is 52.3 Å². The minimum absolute atomic E-state index is 0.714. The fourth-order valence-corrected chi connectivity index (χ4v) is 2.71. The monoisotopic (exact) mass is 379 g/mol. The Bertz CT molecular complexity index is 778. The lowest BCUT2D eigenvalue weighted by Gasteiger charge is -2.04.